The van der Waals surface area contributed by atoms with Crippen molar-refractivity contribution in [1.29, 1.82) is 0 Å². The second-order valence-corrected chi connectivity index (χ2v) is 3.02. The molecule has 0 bridgehead atoms. The van der Waals surface area contributed by atoms with Gasteiger partial charge in [0.1, 0.15) is 6.29 Å². The highest BCUT2D eigenvalue weighted by atomic mass is 16.5. The Morgan fingerprint density at radius 2 is 2.25 bits per heavy atom. The monoisotopic (exact) mass is 162 g/mol. The maximum atomic E-state index is 10.5. The molecule has 2 nitrogen and oxygen atoms in total. The van der Waals surface area contributed by atoms with Crippen LogP contribution in [-0.4, -0.2) is 19.5 Å². The zero-order chi connectivity index (χ0) is 8.39. The van der Waals surface area contributed by atoms with E-state index in [-0.39, 0.29) is 0 Å². The molecule has 0 amide bonds. The predicted octanol–water partition coefficient (Wildman–Crippen LogP) is 1.61. The molecule has 0 aliphatic carbocycles. The zero-order valence-corrected chi connectivity index (χ0v) is 6.69. The minimum Gasteiger partial charge on any atom is -0.380 e. The molecule has 1 fully saturated rings. The van der Waals surface area contributed by atoms with Gasteiger partial charge in [-0.1, -0.05) is 18.2 Å². The summed E-state index contributed by atoms with van der Waals surface area (Å²) in [6.45, 7) is 1.59. The second-order valence-electron chi connectivity index (χ2n) is 3.02. The Labute approximate surface area is 71.2 Å². The molecule has 0 N–H and O–H groups in total. The van der Waals surface area contributed by atoms with E-state index >= 15 is 0 Å². The van der Waals surface area contributed by atoms with Crippen LogP contribution in [0.2, 0.25) is 0 Å². The Balaban J connectivity index is 2.25. The van der Waals surface area contributed by atoms with Gasteiger partial charge in [-0.3, -0.25) is 4.79 Å². The summed E-state index contributed by atoms with van der Waals surface area (Å²) in [5, 5.41) is 0. The highest BCUT2D eigenvalue weighted by Gasteiger charge is 2.20. The van der Waals surface area contributed by atoms with Crippen molar-refractivity contribution in [3.63, 3.8) is 0 Å². The van der Waals surface area contributed by atoms with Gasteiger partial charge in [-0.15, -0.1) is 0 Å². The molecule has 62 valence electrons. The summed E-state index contributed by atoms with van der Waals surface area (Å²) in [7, 11) is 0. The lowest BCUT2D eigenvalue weighted by molar-refractivity contribution is 0.00840. The van der Waals surface area contributed by atoms with E-state index in [1.807, 2.05) is 24.3 Å². The van der Waals surface area contributed by atoms with Crippen LogP contribution in [0.5, 0.6) is 0 Å². The Kier molecular flexibility index (Phi) is 1.92. The summed E-state index contributed by atoms with van der Waals surface area (Å²) >= 11 is 0. The summed E-state index contributed by atoms with van der Waals surface area (Å²) in [5.74, 6) is 0.505. The van der Waals surface area contributed by atoms with E-state index in [0.29, 0.717) is 5.92 Å². The maximum Gasteiger partial charge on any atom is 0.150 e. The third-order valence-electron chi connectivity index (χ3n) is 2.16. The van der Waals surface area contributed by atoms with Crippen LogP contribution in [0, 0.1) is 0 Å². The highest BCUT2D eigenvalue weighted by molar-refractivity contribution is 5.75. The summed E-state index contributed by atoms with van der Waals surface area (Å²) in [5.41, 5.74) is 1.96. The van der Waals surface area contributed by atoms with Gasteiger partial charge >= 0.3 is 0 Å². The van der Waals surface area contributed by atoms with Crippen LogP contribution >= 0.6 is 0 Å². The molecule has 0 saturated carbocycles. The molecular formula is C10H10O2. The molecule has 0 unspecified atom stereocenters. The summed E-state index contributed by atoms with van der Waals surface area (Å²) in [6.07, 6.45) is 0.878. The molecule has 12 heavy (non-hydrogen) atoms. The van der Waals surface area contributed by atoms with Crippen molar-refractivity contribution in [2.45, 2.75) is 5.92 Å². The van der Waals surface area contributed by atoms with E-state index in [2.05, 4.69) is 0 Å². The number of carbonyl (C=O) groups excluding carboxylic acids is 1. The molecular weight excluding hydrogens is 152 g/mol. The lowest BCUT2D eigenvalue weighted by Gasteiger charge is -2.26. The van der Waals surface area contributed by atoms with Crippen LogP contribution < -0.4 is 0 Å². The van der Waals surface area contributed by atoms with E-state index in [0.717, 1.165) is 25.1 Å². The van der Waals surface area contributed by atoms with Crippen LogP contribution in [-0.2, 0) is 4.74 Å². The number of hydrogen-bond donors (Lipinski definition) is 0. The van der Waals surface area contributed by atoms with Crippen molar-refractivity contribution in [3.05, 3.63) is 35.4 Å². The molecule has 1 saturated heterocycles. The average molecular weight is 162 g/mol. The molecule has 2 heteroatoms. The highest BCUT2D eigenvalue weighted by Crippen LogP contribution is 2.23. The first kappa shape index (κ1) is 7.50. The van der Waals surface area contributed by atoms with Crippen LogP contribution in [0.25, 0.3) is 0 Å². The van der Waals surface area contributed by atoms with Crippen molar-refractivity contribution in [2.75, 3.05) is 13.2 Å². The Hall–Kier alpha value is -1.15. The minimum atomic E-state index is 0.505. The first-order chi connectivity index (χ1) is 5.90. The van der Waals surface area contributed by atoms with Gasteiger partial charge in [0.15, 0.2) is 0 Å². The van der Waals surface area contributed by atoms with E-state index in [9.17, 15) is 4.79 Å². The SMILES string of the molecule is O=Cc1cccc(C2COC2)c1. The number of benzene rings is 1. The number of hydrogen-bond acceptors (Lipinski definition) is 2. The topological polar surface area (TPSA) is 26.3 Å². The lowest BCUT2D eigenvalue weighted by atomic mass is 9.96. The molecule has 0 spiro atoms. The molecule has 2 rings (SSSR count). The van der Waals surface area contributed by atoms with Gasteiger partial charge in [0, 0.05) is 11.5 Å². The minimum absolute atomic E-state index is 0.505. The van der Waals surface area contributed by atoms with Crippen molar-refractivity contribution in [1.82, 2.24) is 0 Å². The zero-order valence-electron chi connectivity index (χ0n) is 6.69. The largest absolute Gasteiger partial charge is 0.380 e. The molecule has 1 heterocycles. The van der Waals surface area contributed by atoms with E-state index in [1.54, 1.807) is 0 Å². The lowest BCUT2D eigenvalue weighted by Crippen LogP contribution is -2.25. The smallest absolute Gasteiger partial charge is 0.150 e. The van der Waals surface area contributed by atoms with Gasteiger partial charge in [0.05, 0.1) is 13.2 Å². The van der Waals surface area contributed by atoms with Crippen LogP contribution in [0.1, 0.15) is 21.8 Å². The number of aldehydes is 1. The number of carbonyl (C=O) groups is 1. The quantitative estimate of drug-likeness (QED) is 0.617. The summed E-state index contributed by atoms with van der Waals surface area (Å²) in [6, 6.07) is 7.70. The van der Waals surface area contributed by atoms with Crippen LogP contribution in [0.15, 0.2) is 24.3 Å². The Morgan fingerprint density at radius 3 is 2.83 bits per heavy atom. The number of ether oxygens (including phenoxy) is 1. The van der Waals surface area contributed by atoms with E-state index in [4.69, 9.17) is 4.74 Å². The molecule has 1 aromatic carbocycles. The van der Waals surface area contributed by atoms with Gasteiger partial charge in [0.25, 0.3) is 0 Å². The standard InChI is InChI=1S/C10H10O2/c11-5-8-2-1-3-9(4-8)10-6-12-7-10/h1-5,10H,6-7H2. The molecule has 0 atom stereocenters. The molecule has 1 aliphatic rings. The fourth-order valence-electron chi connectivity index (χ4n) is 1.31. The van der Waals surface area contributed by atoms with Crippen molar-refractivity contribution in [3.8, 4) is 0 Å². The van der Waals surface area contributed by atoms with Crippen LogP contribution in [0.4, 0.5) is 0 Å². The van der Waals surface area contributed by atoms with Crippen molar-refractivity contribution in [2.24, 2.45) is 0 Å². The summed E-state index contributed by atoms with van der Waals surface area (Å²) < 4.78 is 5.07. The van der Waals surface area contributed by atoms with E-state index < -0.39 is 0 Å². The van der Waals surface area contributed by atoms with Gasteiger partial charge in [-0.25, -0.2) is 0 Å². The second kappa shape index (κ2) is 3.07. The summed E-state index contributed by atoms with van der Waals surface area (Å²) in [4.78, 5) is 10.5. The predicted molar refractivity (Wildman–Crippen MR) is 45.4 cm³/mol. The van der Waals surface area contributed by atoms with Gasteiger partial charge < -0.3 is 4.74 Å². The third kappa shape index (κ3) is 1.25. The van der Waals surface area contributed by atoms with Gasteiger partial charge in [0.2, 0.25) is 0 Å². The maximum absolute atomic E-state index is 10.5. The molecule has 1 aromatic rings. The molecule has 0 radical (unpaired) electrons. The van der Waals surface area contributed by atoms with E-state index in [1.165, 1.54) is 5.56 Å². The first-order valence-corrected chi connectivity index (χ1v) is 4.03. The van der Waals surface area contributed by atoms with Crippen molar-refractivity contribution < 1.29 is 9.53 Å². The normalized spacial score (nSPS) is 17.0. The molecule has 1 aliphatic heterocycles. The van der Waals surface area contributed by atoms with Crippen LogP contribution in [0.3, 0.4) is 0 Å². The average Bonchev–Trinajstić information content (AvgIpc) is 2.02. The molecule has 0 aromatic heterocycles. The van der Waals surface area contributed by atoms with Crippen molar-refractivity contribution >= 4 is 6.29 Å². The Bertz CT molecular complexity index is 290. The first-order valence-electron chi connectivity index (χ1n) is 4.03. The Morgan fingerprint density at radius 1 is 1.42 bits per heavy atom. The van der Waals surface area contributed by atoms with Gasteiger partial charge in [-0.2, -0.15) is 0 Å². The fourth-order valence-corrected chi connectivity index (χ4v) is 1.31. The number of rotatable bonds is 2. The fraction of sp³-hybridized carbons (Fsp3) is 0.300. The van der Waals surface area contributed by atoms with Gasteiger partial charge in [-0.05, 0) is 11.6 Å². The third-order valence-corrected chi connectivity index (χ3v) is 2.16.